The first-order valence-corrected chi connectivity index (χ1v) is 7.98. The molecule has 0 aliphatic carbocycles. The van der Waals surface area contributed by atoms with Crippen LogP contribution in [-0.4, -0.2) is 46.6 Å². The van der Waals surface area contributed by atoms with Gasteiger partial charge in [-0.1, -0.05) is 13.8 Å². The molecule has 2 N–H and O–H groups in total. The van der Waals surface area contributed by atoms with Crippen LogP contribution in [0.4, 0.5) is 0 Å². The molecule has 1 aliphatic heterocycles. The lowest BCUT2D eigenvalue weighted by Crippen LogP contribution is -2.47. The SMILES string of the molecule is CC(C)c1nc(C(=O)NC2(C)CCS(=O)(=O)C2)n[nH]1. The summed E-state index contributed by atoms with van der Waals surface area (Å²) in [5.41, 5.74) is -0.728. The molecule has 0 saturated carbocycles. The first kappa shape index (κ1) is 14.0. The average Bonchev–Trinajstić information content (AvgIpc) is 2.83. The van der Waals surface area contributed by atoms with Crippen molar-refractivity contribution in [2.45, 2.75) is 38.6 Å². The number of rotatable bonds is 3. The molecule has 0 radical (unpaired) electrons. The molecule has 0 bridgehead atoms. The van der Waals surface area contributed by atoms with Gasteiger partial charge in [0.05, 0.1) is 17.0 Å². The first-order valence-electron chi connectivity index (χ1n) is 6.16. The van der Waals surface area contributed by atoms with Gasteiger partial charge in [-0.15, -0.1) is 5.10 Å². The largest absolute Gasteiger partial charge is 0.343 e. The van der Waals surface area contributed by atoms with Gasteiger partial charge in [-0.05, 0) is 13.3 Å². The van der Waals surface area contributed by atoms with Gasteiger partial charge >= 0.3 is 0 Å². The van der Waals surface area contributed by atoms with E-state index in [1.807, 2.05) is 13.8 Å². The van der Waals surface area contributed by atoms with Crippen LogP contribution < -0.4 is 5.32 Å². The molecule has 2 rings (SSSR count). The molecule has 0 aromatic carbocycles. The number of hydrogen-bond donors (Lipinski definition) is 2. The van der Waals surface area contributed by atoms with Crippen molar-refractivity contribution in [3.8, 4) is 0 Å². The minimum absolute atomic E-state index is 0.0345. The van der Waals surface area contributed by atoms with Gasteiger partial charge in [-0.2, -0.15) is 0 Å². The number of sulfone groups is 1. The van der Waals surface area contributed by atoms with Crippen molar-refractivity contribution < 1.29 is 13.2 Å². The maximum Gasteiger partial charge on any atom is 0.291 e. The van der Waals surface area contributed by atoms with Gasteiger partial charge in [-0.25, -0.2) is 13.4 Å². The fourth-order valence-corrected chi connectivity index (χ4v) is 4.17. The summed E-state index contributed by atoms with van der Waals surface area (Å²) >= 11 is 0. The van der Waals surface area contributed by atoms with E-state index in [9.17, 15) is 13.2 Å². The fraction of sp³-hybridized carbons (Fsp3) is 0.727. The Morgan fingerprint density at radius 3 is 2.63 bits per heavy atom. The lowest BCUT2D eigenvalue weighted by molar-refractivity contribution is 0.0905. The minimum Gasteiger partial charge on any atom is -0.343 e. The third-order valence-electron chi connectivity index (χ3n) is 3.17. The Kier molecular flexibility index (Phi) is 3.38. The van der Waals surface area contributed by atoms with E-state index in [4.69, 9.17) is 0 Å². The van der Waals surface area contributed by atoms with Gasteiger partial charge in [0, 0.05) is 5.92 Å². The van der Waals surface area contributed by atoms with Gasteiger partial charge in [0.25, 0.3) is 5.91 Å². The summed E-state index contributed by atoms with van der Waals surface area (Å²) in [6.45, 7) is 5.60. The van der Waals surface area contributed by atoms with Crippen LogP contribution in [0, 0.1) is 0 Å². The van der Waals surface area contributed by atoms with E-state index >= 15 is 0 Å². The second-order valence-electron chi connectivity index (χ2n) is 5.56. The van der Waals surface area contributed by atoms with E-state index in [2.05, 4.69) is 20.5 Å². The number of carbonyl (C=O) groups excluding carboxylic acids is 1. The summed E-state index contributed by atoms with van der Waals surface area (Å²) < 4.78 is 22.9. The highest BCUT2D eigenvalue weighted by Crippen LogP contribution is 2.23. The fourth-order valence-electron chi connectivity index (χ4n) is 2.07. The Hall–Kier alpha value is -1.44. The molecule has 1 atom stereocenters. The third kappa shape index (κ3) is 3.12. The Labute approximate surface area is 112 Å². The molecule has 1 aliphatic rings. The van der Waals surface area contributed by atoms with Crippen LogP contribution in [0.5, 0.6) is 0 Å². The molecule has 2 heterocycles. The van der Waals surface area contributed by atoms with E-state index < -0.39 is 21.3 Å². The minimum atomic E-state index is -3.05. The summed E-state index contributed by atoms with van der Waals surface area (Å²) in [5, 5.41) is 9.27. The van der Waals surface area contributed by atoms with Gasteiger partial charge < -0.3 is 5.32 Å². The summed E-state index contributed by atoms with van der Waals surface area (Å²) in [6, 6.07) is 0. The molecule has 106 valence electrons. The lowest BCUT2D eigenvalue weighted by Gasteiger charge is -2.22. The molecule has 1 saturated heterocycles. The maximum atomic E-state index is 12.0. The molecule has 0 spiro atoms. The van der Waals surface area contributed by atoms with Crippen LogP contribution in [0.2, 0.25) is 0 Å². The molecule has 8 heteroatoms. The molecule has 1 fully saturated rings. The number of nitrogens with one attached hydrogen (secondary N) is 2. The van der Waals surface area contributed by atoms with E-state index in [0.717, 1.165) is 0 Å². The Morgan fingerprint density at radius 2 is 2.16 bits per heavy atom. The molecule has 1 amide bonds. The van der Waals surface area contributed by atoms with Gasteiger partial charge in [0.15, 0.2) is 9.84 Å². The average molecular weight is 286 g/mol. The zero-order valence-corrected chi connectivity index (χ0v) is 12.0. The second-order valence-corrected chi connectivity index (χ2v) is 7.74. The highest BCUT2D eigenvalue weighted by molar-refractivity contribution is 7.91. The van der Waals surface area contributed by atoms with Crippen molar-refractivity contribution in [3.63, 3.8) is 0 Å². The predicted molar refractivity (Wildman–Crippen MR) is 69.6 cm³/mol. The second kappa shape index (κ2) is 4.59. The van der Waals surface area contributed by atoms with Crippen LogP contribution in [0.15, 0.2) is 0 Å². The number of nitrogens with zero attached hydrogens (tertiary/aromatic N) is 2. The standard InChI is InChI=1S/C11H18N4O3S/c1-7(2)8-12-9(15-14-8)10(16)13-11(3)4-5-19(17,18)6-11/h7H,4-6H2,1-3H3,(H,13,16)(H,12,14,15). The molecule has 19 heavy (non-hydrogen) atoms. The Bertz CT molecular complexity index is 593. The van der Waals surface area contributed by atoms with Crippen LogP contribution in [0.1, 0.15) is 49.6 Å². The van der Waals surface area contributed by atoms with Crippen molar-refractivity contribution in [3.05, 3.63) is 11.6 Å². The van der Waals surface area contributed by atoms with E-state index in [-0.39, 0.29) is 23.2 Å². The zero-order valence-electron chi connectivity index (χ0n) is 11.2. The molecule has 7 nitrogen and oxygen atoms in total. The summed E-state index contributed by atoms with van der Waals surface area (Å²) in [6.07, 6.45) is 0.419. The van der Waals surface area contributed by atoms with E-state index in [1.54, 1.807) is 6.92 Å². The number of H-pyrrole nitrogens is 1. The molecule has 1 unspecified atom stereocenters. The summed E-state index contributed by atoms with van der Waals surface area (Å²) in [4.78, 5) is 16.1. The van der Waals surface area contributed by atoms with Gasteiger partial charge in [0.2, 0.25) is 5.82 Å². The topological polar surface area (TPSA) is 105 Å². The van der Waals surface area contributed by atoms with Crippen molar-refractivity contribution >= 4 is 15.7 Å². The Balaban J connectivity index is 2.09. The molecular weight excluding hydrogens is 268 g/mol. The first-order chi connectivity index (χ1) is 8.71. The summed E-state index contributed by atoms with van der Waals surface area (Å²) in [7, 11) is -3.05. The molecule has 1 aromatic heterocycles. The molecular formula is C11H18N4O3S. The lowest BCUT2D eigenvalue weighted by atomic mass is 10.0. The zero-order chi connectivity index (χ0) is 14.3. The van der Waals surface area contributed by atoms with Crippen LogP contribution in [0.3, 0.4) is 0 Å². The maximum absolute atomic E-state index is 12.0. The number of hydrogen-bond acceptors (Lipinski definition) is 5. The van der Waals surface area contributed by atoms with Crippen LogP contribution in [-0.2, 0) is 9.84 Å². The normalized spacial score (nSPS) is 25.7. The van der Waals surface area contributed by atoms with Crippen LogP contribution in [0.25, 0.3) is 0 Å². The van der Waals surface area contributed by atoms with E-state index in [0.29, 0.717) is 12.2 Å². The van der Waals surface area contributed by atoms with Crippen molar-refractivity contribution in [2.24, 2.45) is 0 Å². The van der Waals surface area contributed by atoms with Crippen molar-refractivity contribution in [1.82, 2.24) is 20.5 Å². The van der Waals surface area contributed by atoms with Gasteiger partial charge in [-0.3, -0.25) is 9.89 Å². The quantitative estimate of drug-likeness (QED) is 0.828. The van der Waals surface area contributed by atoms with Gasteiger partial charge in [0.1, 0.15) is 5.82 Å². The van der Waals surface area contributed by atoms with E-state index in [1.165, 1.54) is 0 Å². The van der Waals surface area contributed by atoms with Crippen molar-refractivity contribution in [1.29, 1.82) is 0 Å². The predicted octanol–water partition coefficient (Wildman–Crippen LogP) is 0.235. The number of carbonyl (C=O) groups is 1. The third-order valence-corrected chi connectivity index (χ3v) is 5.07. The Morgan fingerprint density at radius 1 is 1.47 bits per heavy atom. The number of amides is 1. The number of aromatic nitrogens is 3. The highest BCUT2D eigenvalue weighted by atomic mass is 32.2. The smallest absolute Gasteiger partial charge is 0.291 e. The van der Waals surface area contributed by atoms with Crippen molar-refractivity contribution in [2.75, 3.05) is 11.5 Å². The summed E-state index contributed by atoms with van der Waals surface area (Å²) in [5.74, 6) is 0.463. The monoisotopic (exact) mass is 286 g/mol. The van der Waals surface area contributed by atoms with Crippen LogP contribution >= 0.6 is 0 Å². The highest BCUT2D eigenvalue weighted by Gasteiger charge is 2.40. The number of aromatic amines is 1. The molecule has 1 aromatic rings.